The van der Waals surface area contributed by atoms with Gasteiger partial charge in [0.05, 0.1) is 0 Å². The summed E-state index contributed by atoms with van der Waals surface area (Å²) in [4.78, 5) is 3.98. The number of nitrogens with one attached hydrogen (secondary N) is 1. The normalized spacial score (nSPS) is 12.7. The number of hydrogen-bond donors (Lipinski definition) is 1. The Morgan fingerprint density at radius 3 is 2.48 bits per heavy atom. The number of hydrogen-bond acceptors (Lipinski definition) is 3. The van der Waals surface area contributed by atoms with Crippen LogP contribution in [0.5, 0.6) is 5.75 Å². The first kappa shape index (κ1) is 20.7. The summed E-state index contributed by atoms with van der Waals surface area (Å²) < 4.78 is 48.4. The van der Waals surface area contributed by atoms with Crippen molar-refractivity contribution < 1.29 is 17.9 Å². The van der Waals surface area contributed by atoms with Gasteiger partial charge < -0.3 is 10.1 Å². The highest BCUT2D eigenvalue weighted by Gasteiger charge is 2.20. The molecule has 3 aromatic carbocycles. The Morgan fingerprint density at radius 2 is 1.77 bits per heavy atom. The Labute approximate surface area is 178 Å². The van der Waals surface area contributed by atoms with Gasteiger partial charge in [0.25, 0.3) is 0 Å². The van der Waals surface area contributed by atoms with Gasteiger partial charge in [-0.15, -0.1) is 0 Å². The molecule has 0 bridgehead atoms. The lowest BCUT2D eigenvalue weighted by Crippen LogP contribution is -2.18. The van der Waals surface area contributed by atoms with E-state index in [1.807, 2.05) is 38.1 Å². The highest BCUT2D eigenvalue weighted by Crippen LogP contribution is 2.31. The molecular weight excluding hydrogens is 401 g/mol. The number of nitrogens with zero attached hydrogens (tertiary/aromatic N) is 1. The Bertz CT molecular complexity index is 1200. The second kappa shape index (κ2) is 8.68. The lowest BCUT2D eigenvalue weighted by Gasteiger charge is -2.18. The van der Waals surface area contributed by atoms with Crippen LogP contribution >= 0.6 is 0 Å². The van der Waals surface area contributed by atoms with Gasteiger partial charge in [-0.25, -0.2) is 18.2 Å². The van der Waals surface area contributed by atoms with E-state index in [4.69, 9.17) is 4.74 Å². The summed E-state index contributed by atoms with van der Waals surface area (Å²) >= 11 is 0. The fourth-order valence-corrected chi connectivity index (χ4v) is 3.31. The van der Waals surface area contributed by atoms with Crippen LogP contribution in [0, 0.1) is 24.4 Å². The highest BCUT2D eigenvalue weighted by atomic mass is 19.1. The van der Waals surface area contributed by atoms with Crippen molar-refractivity contribution in [2.45, 2.75) is 26.8 Å². The maximum atomic E-state index is 14.9. The van der Waals surface area contributed by atoms with Crippen LogP contribution in [0.1, 0.15) is 24.5 Å². The van der Waals surface area contributed by atoms with Gasteiger partial charge in [0.15, 0.2) is 11.6 Å². The lowest BCUT2D eigenvalue weighted by atomic mass is 9.99. The Kier molecular flexibility index (Phi) is 5.80. The van der Waals surface area contributed by atoms with Crippen LogP contribution in [0.4, 0.5) is 18.9 Å². The third kappa shape index (κ3) is 4.33. The molecule has 0 atom stereocenters. The number of rotatable bonds is 6. The SMILES string of the molecule is CCC1=CN=C1Oc1ccc(F)c(NCc2cc(-c3cccc(F)c3)ccc2C)c1F. The number of aryl methyl sites for hydroxylation is 1. The molecule has 158 valence electrons. The molecule has 1 aliphatic rings. The van der Waals surface area contributed by atoms with Gasteiger partial charge in [-0.3, -0.25) is 0 Å². The zero-order chi connectivity index (χ0) is 22.0. The number of aliphatic imine (C=N–C) groups is 1. The summed E-state index contributed by atoms with van der Waals surface area (Å²) in [7, 11) is 0. The van der Waals surface area contributed by atoms with Crippen molar-refractivity contribution in [1.82, 2.24) is 0 Å². The average Bonchev–Trinajstić information content (AvgIpc) is 2.73. The molecule has 0 unspecified atom stereocenters. The van der Waals surface area contributed by atoms with E-state index < -0.39 is 11.6 Å². The minimum Gasteiger partial charge on any atom is -0.436 e. The quantitative estimate of drug-likeness (QED) is 0.475. The van der Waals surface area contributed by atoms with E-state index in [2.05, 4.69) is 10.3 Å². The summed E-state index contributed by atoms with van der Waals surface area (Å²) in [6, 6.07) is 14.4. The summed E-state index contributed by atoms with van der Waals surface area (Å²) in [6.07, 6.45) is 2.37. The third-order valence-electron chi connectivity index (χ3n) is 5.22. The Balaban J connectivity index is 1.55. The van der Waals surface area contributed by atoms with E-state index in [9.17, 15) is 13.2 Å². The molecule has 0 aliphatic carbocycles. The van der Waals surface area contributed by atoms with E-state index in [1.54, 1.807) is 12.3 Å². The largest absolute Gasteiger partial charge is 0.436 e. The second-order valence-electron chi connectivity index (χ2n) is 7.28. The molecule has 0 amide bonds. The molecule has 4 rings (SSSR count). The molecule has 0 saturated carbocycles. The van der Waals surface area contributed by atoms with Crippen molar-refractivity contribution in [2.75, 3.05) is 5.32 Å². The van der Waals surface area contributed by atoms with Gasteiger partial charge in [0.1, 0.15) is 17.3 Å². The molecule has 3 aromatic rings. The van der Waals surface area contributed by atoms with Crippen molar-refractivity contribution in [3.63, 3.8) is 0 Å². The lowest BCUT2D eigenvalue weighted by molar-refractivity contribution is 0.480. The van der Waals surface area contributed by atoms with Crippen LogP contribution in [0.3, 0.4) is 0 Å². The van der Waals surface area contributed by atoms with Crippen molar-refractivity contribution >= 4 is 11.6 Å². The van der Waals surface area contributed by atoms with Gasteiger partial charge in [-0.05, 0) is 65.9 Å². The summed E-state index contributed by atoms with van der Waals surface area (Å²) in [6.45, 7) is 4.04. The van der Waals surface area contributed by atoms with Gasteiger partial charge in [0.2, 0.25) is 5.90 Å². The molecule has 31 heavy (non-hydrogen) atoms. The van der Waals surface area contributed by atoms with Crippen LogP contribution in [-0.2, 0) is 6.54 Å². The second-order valence-corrected chi connectivity index (χ2v) is 7.28. The number of anilines is 1. The molecule has 0 aromatic heterocycles. The highest BCUT2D eigenvalue weighted by molar-refractivity contribution is 5.99. The minimum atomic E-state index is -0.816. The molecule has 6 heteroatoms. The fourth-order valence-electron chi connectivity index (χ4n) is 3.31. The molecule has 0 fully saturated rings. The van der Waals surface area contributed by atoms with E-state index >= 15 is 0 Å². The van der Waals surface area contributed by atoms with Crippen LogP contribution in [0.25, 0.3) is 11.1 Å². The van der Waals surface area contributed by atoms with Crippen molar-refractivity contribution in [1.29, 1.82) is 0 Å². The molecule has 0 radical (unpaired) electrons. The zero-order valence-corrected chi connectivity index (χ0v) is 17.2. The van der Waals surface area contributed by atoms with Crippen LogP contribution in [0.15, 0.2) is 71.4 Å². The zero-order valence-electron chi connectivity index (χ0n) is 17.2. The van der Waals surface area contributed by atoms with Crippen LogP contribution in [-0.4, -0.2) is 5.90 Å². The molecule has 1 aliphatic heterocycles. The average molecular weight is 422 g/mol. The number of benzene rings is 3. The topological polar surface area (TPSA) is 33.6 Å². The first-order chi connectivity index (χ1) is 15.0. The first-order valence-corrected chi connectivity index (χ1v) is 9.98. The predicted molar refractivity (Wildman–Crippen MR) is 117 cm³/mol. The molecule has 3 nitrogen and oxygen atoms in total. The summed E-state index contributed by atoms with van der Waals surface area (Å²) in [5.74, 6) is -1.60. The Hall–Kier alpha value is -3.54. The smallest absolute Gasteiger partial charge is 0.224 e. The van der Waals surface area contributed by atoms with Crippen LogP contribution < -0.4 is 10.1 Å². The standard InChI is InChI=1S/C25H21F3N2O/c1-3-16-13-30-25(16)31-22-10-9-21(27)24(23(22)28)29-14-19-11-18(8-7-15(19)2)17-5-4-6-20(26)12-17/h4-13,29H,3,14H2,1-2H3. The molecule has 0 saturated heterocycles. The van der Waals surface area contributed by atoms with Crippen molar-refractivity contribution in [2.24, 2.45) is 4.99 Å². The van der Waals surface area contributed by atoms with Gasteiger partial charge in [-0.1, -0.05) is 31.2 Å². The van der Waals surface area contributed by atoms with E-state index in [1.165, 1.54) is 18.2 Å². The predicted octanol–water partition coefficient (Wildman–Crippen LogP) is 6.78. The maximum absolute atomic E-state index is 14.9. The number of halogens is 3. The Morgan fingerprint density at radius 1 is 0.968 bits per heavy atom. The summed E-state index contributed by atoms with van der Waals surface area (Å²) in [5.41, 5.74) is 3.95. The number of ether oxygens (including phenoxy) is 1. The molecular formula is C25H21F3N2O. The van der Waals surface area contributed by atoms with E-state index in [-0.39, 0.29) is 23.8 Å². The molecule has 1 heterocycles. The van der Waals surface area contributed by atoms with E-state index in [0.717, 1.165) is 33.9 Å². The van der Waals surface area contributed by atoms with Gasteiger partial charge in [0, 0.05) is 18.3 Å². The van der Waals surface area contributed by atoms with Gasteiger partial charge in [-0.2, -0.15) is 0 Å². The maximum Gasteiger partial charge on any atom is 0.224 e. The minimum absolute atomic E-state index is 0.0908. The van der Waals surface area contributed by atoms with E-state index in [0.29, 0.717) is 12.3 Å². The van der Waals surface area contributed by atoms with Crippen molar-refractivity contribution in [3.8, 4) is 16.9 Å². The van der Waals surface area contributed by atoms with Crippen molar-refractivity contribution in [3.05, 3.63) is 94.9 Å². The fraction of sp³-hybridized carbons (Fsp3) is 0.160. The third-order valence-corrected chi connectivity index (χ3v) is 5.22. The first-order valence-electron chi connectivity index (χ1n) is 9.98. The van der Waals surface area contributed by atoms with Crippen LogP contribution in [0.2, 0.25) is 0 Å². The van der Waals surface area contributed by atoms with Gasteiger partial charge >= 0.3 is 0 Å². The molecule has 1 N–H and O–H groups in total. The molecule has 0 spiro atoms. The summed E-state index contributed by atoms with van der Waals surface area (Å²) in [5, 5.41) is 2.84. The monoisotopic (exact) mass is 422 g/mol.